The van der Waals surface area contributed by atoms with Crippen molar-refractivity contribution in [2.45, 2.75) is 38.7 Å². The summed E-state index contributed by atoms with van der Waals surface area (Å²) in [7, 11) is 0. The number of carboxylic acids is 1. The third kappa shape index (κ3) is 5.52. The van der Waals surface area contributed by atoms with Crippen molar-refractivity contribution in [1.29, 1.82) is 0 Å². The molecule has 10 heteroatoms. The molecule has 1 unspecified atom stereocenters. The quantitative estimate of drug-likeness (QED) is 0.502. The van der Waals surface area contributed by atoms with Crippen LogP contribution in [0.25, 0.3) is 10.6 Å². The number of aromatic nitrogens is 2. The van der Waals surface area contributed by atoms with Crippen molar-refractivity contribution in [1.82, 2.24) is 10.2 Å². The first-order chi connectivity index (χ1) is 14.5. The lowest BCUT2D eigenvalue weighted by molar-refractivity contribution is -0.152. The highest BCUT2D eigenvalue weighted by Gasteiger charge is 2.30. The van der Waals surface area contributed by atoms with Crippen LogP contribution < -0.4 is 9.47 Å². The van der Waals surface area contributed by atoms with Crippen LogP contribution in [0.1, 0.15) is 37.4 Å². The molecule has 3 rings (SSSR count). The molecule has 3 aromatic rings. The SMILES string of the molecule is CC(Oc1ccc(OC(C)(C)C(=O)O)cc1)c1nnc(-c2ccc(C(F)(F)F)cc2)s1. The van der Waals surface area contributed by atoms with Crippen LogP contribution in [0.2, 0.25) is 0 Å². The number of rotatable bonds is 7. The summed E-state index contributed by atoms with van der Waals surface area (Å²) in [6, 6.07) is 11.2. The Balaban J connectivity index is 1.66. The van der Waals surface area contributed by atoms with E-state index in [1.807, 2.05) is 0 Å². The van der Waals surface area contributed by atoms with E-state index in [0.717, 1.165) is 12.1 Å². The Hall–Kier alpha value is -3.14. The van der Waals surface area contributed by atoms with Gasteiger partial charge in [0.2, 0.25) is 0 Å². The van der Waals surface area contributed by atoms with Gasteiger partial charge in [-0.05, 0) is 57.2 Å². The van der Waals surface area contributed by atoms with E-state index in [2.05, 4.69) is 10.2 Å². The number of hydrogen-bond donors (Lipinski definition) is 1. The molecule has 1 aromatic heterocycles. The molecule has 0 fully saturated rings. The van der Waals surface area contributed by atoms with Gasteiger partial charge in [0.25, 0.3) is 0 Å². The second kappa shape index (κ2) is 8.54. The van der Waals surface area contributed by atoms with Gasteiger partial charge in [-0.1, -0.05) is 23.5 Å². The molecule has 0 spiro atoms. The molecule has 0 radical (unpaired) electrons. The highest BCUT2D eigenvalue weighted by atomic mass is 32.1. The zero-order valence-corrected chi connectivity index (χ0v) is 17.6. The third-order valence-corrected chi connectivity index (χ3v) is 5.41. The maximum Gasteiger partial charge on any atom is 0.416 e. The maximum atomic E-state index is 12.7. The minimum absolute atomic E-state index is 0.382. The van der Waals surface area contributed by atoms with E-state index in [4.69, 9.17) is 14.6 Å². The first kappa shape index (κ1) is 22.5. The average molecular weight is 452 g/mol. The molecule has 1 N–H and O–H groups in total. The Morgan fingerprint density at radius 1 is 1.00 bits per heavy atom. The summed E-state index contributed by atoms with van der Waals surface area (Å²) in [5.74, 6) is -0.186. The summed E-state index contributed by atoms with van der Waals surface area (Å²) in [5, 5.41) is 18.3. The van der Waals surface area contributed by atoms with Crippen LogP contribution in [0.15, 0.2) is 48.5 Å². The summed E-state index contributed by atoms with van der Waals surface area (Å²) in [5.41, 5.74) is -1.56. The highest BCUT2D eigenvalue weighted by molar-refractivity contribution is 7.14. The van der Waals surface area contributed by atoms with Crippen LogP contribution in [0.3, 0.4) is 0 Å². The van der Waals surface area contributed by atoms with Gasteiger partial charge in [0.05, 0.1) is 5.56 Å². The van der Waals surface area contributed by atoms with Gasteiger partial charge < -0.3 is 14.6 Å². The fraction of sp³-hybridized carbons (Fsp3) is 0.286. The lowest BCUT2D eigenvalue weighted by Crippen LogP contribution is -2.37. The summed E-state index contributed by atoms with van der Waals surface area (Å²) in [6.07, 6.45) is -4.85. The van der Waals surface area contributed by atoms with Crippen molar-refractivity contribution in [3.63, 3.8) is 0 Å². The molecule has 6 nitrogen and oxygen atoms in total. The van der Waals surface area contributed by atoms with E-state index >= 15 is 0 Å². The Labute approximate surface area is 180 Å². The third-order valence-electron chi connectivity index (χ3n) is 4.27. The van der Waals surface area contributed by atoms with E-state index in [1.54, 1.807) is 31.2 Å². The molecule has 0 aliphatic carbocycles. The molecule has 0 aliphatic heterocycles. The molecular formula is C21H19F3N2O4S. The van der Waals surface area contributed by atoms with Gasteiger partial charge in [-0.25, -0.2) is 4.79 Å². The highest BCUT2D eigenvalue weighted by Crippen LogP contribution is 2.33. The molecule has 164 valence electrons. The van der Waals surface area contributed by atoms with Crippen molar-refractivity contribution >= 4 is 17.3 Å². The van der Waals surface area contributed by atoms with Crippen LogP contribution in [0.4, 0.5) is 13.2 Å². The van der Waals surface area contributed by atoms with Crippen LogP contribution in [0, 0.1) is 0 Å². The number of halogens is 3. The van der Waals surface area contributed by atoms with Gasteiger partial charge in [0.1, 0.15) is 22.6 Å². The van der Waals surface area contributed by atoms with Gasteiger partial charge in [0, 0.05) is 5.56 Å². The number of nitrogens with zero attached hydrogens (tertiary/aromatic N) is 2. The number of alkyl halides is 3. The molecule has 0 saturated carbocycles. The minimum Gasteiger partial charge on any atom is -0.483 e. The van der Waals surface area contributed by atoms with Crippen LogP contribution in [-0.4, -0.2) is 26.9 Å². The van der Waals surface area contributed by atoms with E-state index in [1.165, 1.54) is 37.3 Å². The number of hydrogen-bond acceptors (Lipinski definition) is 6. The van der Waals surface area contributed by atoms with E-state index < -0.39 is 29.4 Å². The van der Waals surface area contributed by atoms with Crippen LogP contribution in [0.5, 0.6) is 11.5 Å². The van der Waals surface area contributed by atoms with Crippen molar-refractivity contribution in [2.24, 2.45) is 0 Å². The maximum absolute atomic E-state index is 12.7. The smallest absolute Gasteiger partial charge is 0.416 e. The standard InChI is InChI=1S/C21H19F3N2O4S/c1-12(29-15-8-10-16(11-9-15)30-20(2,3)19(27)28)17-25-26-18(31-17)13-4-6-14(7-5-13)21(22,23)24/h4-12H,1-3H3,(H,27,28). The Morgan fingerprint density at radius 2 is 1.58 bits per heavy atom. The molecule has 1 heterocycles. The van der Waals surface area contributed by atoms with Crippen molar-refractivity contribution < 1.29 is 32.5 Å². The van der Waals surface area contributed by atoms with Crippen LogP contribution in [-0.2, 0) is 11.0 Å². The molecule has 0 amide bonds. The predicted molar refractivity (Wildman–Crippen MR) is 108 cm³/mol. The van der Waals surface area contributed by atoms with E-state index in [-0.39, 0.29) is 0 Å². The average Bonchev–Trinajstić information content (AvgIpc) is 3.19. The zero-order chi connectivity index (χ0) is 22.8. The number of benzene rings is 2. The zero-order valence-electron chi connectivity index (χ0n) is 16.8. The first-order valence-corrected chi connectivity index (χ1v) is 9.97. The minimum atomic E-state index is -4.39. The summed E-state index contributed by atoms with van der Waals surface area (Å²) < 4.78 is 49.4. The monoisotopic (exact) mass is 452 g/mol. The summed E-state index contributed by atoms with van der Waals surface area (Å²) in [4.78, 5) is 11.1. The van der Waals surface area contributed by atoms with Crippen molar-refractivity contribution in [3.05, 3.63) is 59.1 Å². The Morgan fingerprint density at radius 3 is 2.13 bits per heavy atom. The number of carbonyl (C=O) groups is 1. The van der Waals surface area contributed by atoms with Crippen molar-refractivity contribution in [3.8, 4) is 22.1 Å². The van der Waals surface area contributed by atoms with Gasteiger partial charge in [-0.15, -0.1) is 10.2 Å². The number of aliphatic carboxylic acids is 1. The normalized spacial score (nSPS) is 13.0. The largest absolute Gasteiger partial charge is 0.483 e. The fourth-order valence-electron chi connectivity index (χ4n) is 2.50. The van der Waals surface area contributed by atoms with Gasteiger partial charge >= 0.3 is 12.1 Å². The second-order valence-electron chi connectivity index (χ2n) is 7.17. The summed E-state index contributed by atoms with van der Waals surface area (Å²) >= 11 is 1.22. The fourth-order valence-corrected chi connectivity index (χ4v) is 3.33. The molecule has 0 saturated heterocycles. The van der Waals surface area contributed by atoms with Gasteiger partial charge in [-0.2, -0.15) is 13.2 Å². The molecule has 1 atom stereocenters. The lowest BCUT2D eigenvalue weighted by atomic mass is 10.1. The second-order valence-corrected chi connectivity index (χ2v) is 8.18. The van der Waals surface area contributed by atoms with E-state index in [0.29, 0.717) is 27.1 Å². The number of ether oxygens (including phenoxy) is 2. The van der Waals surface area contributed by atoms with Crippen LogP contribution >= 0.6 is 11.3 Å². The topological polar surface area (TPSA) is 81.5 Å². The Bertz CT molecular complexity index is 1050. The van der Waals surface area contributed by atoms with E-state index in [9.17, 15) is 18.0 Å². The molecule has 31 heavy (non-hydrogen) atoms. The molecule has 0 bridgehead atoms. The summed E-state index contributed by atoms with van der Waals surface area (Å²) in [6.45, 7) is 4.67. The molecule has 2 aromatic carbocycles. The van der Waals surface area contributed by atoms with Crippen molar-refractivity contribution in [2.75, 3.05) is 0 Å². The predicted octanol–water partition coefficient (Wildman–Crippen LogP) is 5.61. The number of carboxylic acid groups (broad SMARTS) is 1. The first-order valence-electron chi connectivity index (χ1n) is 9.16. The lowest BCUT2D eigenvalue weighted by Gasteiger charge is -2.21. The van der Waals surface area contributed by atoms with Gasteiger partial charge in [0.15, 0.2) is 10.6 Å². The van der Waals surface area contributed by atoms with Gasteiger partial charge in [-0.3, -0.25) is 0 Å². The molecular weight excluding hydrogens is 433 g/mol. The molecule has 0 aliphatic rings. The Kier molecular flexibility index (Phi) is 6.21.